The summed E-state index contributed by atoms with van der Waals surface area (Å²) in [5, 5.41) is 2.92. The number of carbonyl (C=O) groups is 1. The van der Waals surface area contributed by atoms with Gasteiger partial charge in [-0.25, -0.2) is 4.79 Å². The number of amides is 2. The topological polar surface area (TPSA) is 58.4 Å². The molecular weight excluding hydrogens is 166 g/mol. The van der Waals surface area contributed by atoms with Crippen LogP contribution in [0.4, 0.5) is 4.79 Å². The molecule has 0 aromatic carbocycles. The van der Waals surface area contributed by atoms with E-state index in [9.17, 15) is 4.79 Å². The lowest BCUT2D eigenvalue weighted by molar-refractivity contribution is 0.211. The molecule has 0 saturated carbocycles. The van der Waals surface area contributed by atoms with E-state index in [1.165, 1.54) is 0 Å². The van der Waals surface area contributed by atoms with Crippen molar-refractivity contribution < 1.29 is 4.79 Å². The zero-order chi connectivity index (χ0) is 9.84. The Morgan fingerprint density at radius 1 is 1.69 bits per heavy atom. The van der Waals surface area contributed by atoms with Crippen LogP contribution in [0.3, 0.4) is 0 Å². The fraction of sp³-hybridized carbons (Fsp3) is 0.889. The number of carbonyl (C=O) groups excluding carboxylic acids is 1. The smallest absolute Gasteiger partial charge is 0.317 e. The van der Waals surface area contributed by atoms with Crippen molar-refractivity contribution in [2.24, 2.45) is 11.7 Å². The maximum atomic E-state index is 11.4. The summed E-state index contributed by atoms with van der Waals surface area (Å²) in [5.74, 6) is 0.530. The van der Waals surface area contributed by atoms with E-state index in [0.717, 1.165) is 19.5 Å². The number of hydrogen-bond donors (Lipinski definition) is 2. The number of rotatable bonds is 4. The van der Waals surface area contributed by atoms with Crippen LogP contribution in [0, 0.1) is 5.92 Å². The Bertz CT molecular complexity index is 182. The molecule has 1 aliphatic rings. The van der Waals surface area contributed by atoms with Gasteiger partial charge in [-0.15, -0.1) is 0 Å². The number of nitrogens with one attached hydrogen (secondary N) is 1. The van der Waals surface area contributed by atoms with Gasteiger partial charge in [0.2, 0.25) is 0 Å². The van der Waals surface area contributed by atoms with Gasteiger partial charge in [0, 0.05) is 19.1 Å². The summed E-state index contributed by atoms with van der Waals surface area (Å²) in [6.45, 7) is 6.52. The molecule has 1 unspecified atom stereocenters. The van der Waals surface area contributed by atoms with Gasteiger partial charge in [-0.05, 0) is 18.9 Å². The highest BCUT2D eigenvalue weighted by Gasteiger charge is 2.27. The first kappa shape index (κ1) is 10.3. The van der Waals surface area contributed by atoms with Crippen molar-refractivity contribution in [1.29, 1.82) is 0 Å². The van der Waals surface area contributed by atoms with Crippen LogP contribution in [0.25, 0.3) is 0 Å². The first-order chi connectivity index (χ1) is 6.13. The van der Waals surface area contributed by atoms with Crippen molar-refractivity contribution in [3.63, 3.8) is 0 Å². The Morgan fingerprint density at radius 3 is 2.92 bits per heavy atom. The summed E-state index contributed by atoms with van der Waals surface area (Å²) in [6.07, 6.45) is 0.875. The van der Waals surface area contributed by atoms with Crippen molar-refractivity contribution >= 4 is 6.03 Å². The summed E-state index contributed by atoms with van der Waals surface area (Å²) in [7, 11) is 0. The number of urea groups is 1. The quantitative estimate of drug-likeness (QED) is 0.665. The monoisotopic (exact) mass is 185 g/mol. The number of hydrogen-bond acceptors (Lipinski definition) is 2. The molecule has 1 aliphatic heterocycles. The first-order valence-corrected chi connectivity index (χ1v) is 4.89. The lowest BCUT2D eigenvalue weighted by Crippen LogP contribution is -2.31. The van der Waals surface area contributed by atoms with E-state index in [2.05, 4.69) is 19.2 Å². The second-order valence-electron chi connectivity index (χ2n) is 4.02. The van der Waals surface area contributed by atoms with Gasteiger partial charge in [0.25, 0.3) is 0 Å². The molecule has 0 bridgehead atoms. The largest absolute Gasteiger partial charge is 0.333 e. The molecule has 1 atom stereocenters. The van der Waals surface area contributed by atoms with E-state index in [0.29, 0.717) is 12.5 Å². The van der Waals surface area contributed by atoms with Gasteiger partial charge < -0.3 is 16.0 Å². The zero-order valence-corrected chi connectivity index (χ0v) is 8.42. The predicted molar refractivity (Wildman–Crippen MR) is 52.4 cm³/mol. The fourth-order valence-electron chi connectivity index (χ4n) is 1.62. The van der Waals surface area contributed by atoms with Crippen LogP contribution in [-0.2, 0) is 0 Å². The molecule has 2 amide bonds. The van der Waals surface area contributed by atoms with E-state index < -0.39 is 0 Å². The molecule has 13 heavy (non-hydrogen) atoms. The third-order valence-corrected chi connectivity index (χ3v) is 2.16. The van der Waals surface area contributed by atoms with Gasteiger partial charge in [-0.2, -0.15) is 0 Å². The van der Waals surface area contributed by atoms with E-state index >= 15 is 0 Å². The lowest BCUT2D eigenvalue weighted by atomic mass is 10.2. The molecule has 0 aromatic heterocycles. The molecule has 3 N–H and O–H groups in total. The maximum absolute atomic E-state index is 11.4. The highest BCUT2D eigenvalue weighted by atomic mass is 16.2. The molecule has 1 saturated heterocycles. The highest BCUT2D eigenvalue weighted by Crippen LogP contribution is 2.08. The summed E-state index contributed by atoms with van der Waals surface area (Å²) in [5.41, 5.74) is 5.43. The molecular formula is C9H19N3O. The van der Waals surface area contributed by atoms with E-state index in [4.69, 9.17) is 5.73 Å². The number of nitrogens with two attached hydrogens (primary N) is 1. The molecule has 1 rings (SSSR count). The molecule has 1 heterocycles. The van der Waals surface area contributed by atoms with Crippen LogP contribution in [0.5, 0.6) is 0 Å². The van der Waals surface area contributed by atoms with Crippen molar-refractivity contribution in [3.8, 4) is 0 Å². The zero-order valence-electron chi connectivity index (χ0n) is 8.42. The molecule has 1 fully saturated rings. The second kappa shape index (κ2) is 4.46. The van der Waals surface area contributed by atoms with Gasteiger partial charge in [-0.3, -0.25) is 0 Å². The Balaban J connectivity index is 2.37. The molecule has 0 aromatic rings. The van der Waals surface area contributed by atoms with Crippen molar-refractivity contribution in [2.45, 2.75) is 26.3 Å². The third kappa shape index (κ3) is 2.88. The van der Waals surface area contributed by atoms with Crippen LogP contribution in [-0.4, -0.2) is 36.6 Å². The van der Waals surface area contributed by atoms with Crippen LogP contribution in [0.1, 0.15) is 20.3 Å². The summed E-state index contributed by atoms with van der Waals surface area (Å²) in [4.78, 5) is 13.2. The van der Waals surface area contributed by atoms with Gasteiger partial charge in [-0.1, -0.05) is 13.8 Å². The van der Waals surface area contributed by atoms with Gasteiger partial charge in [0.1, 0.15) is 0 Å². The van der Waals surface area contributed by atoms with Gasteiger partial charge in [0.05, 0.1) is 0 Å². The standard InChI is InChI=1S/C9H19N3O/c1-7(2)5-12-6-8(3-4-10)11-9(12)13/h7-8H,3-6,10H2,1-2H3,(H,11,13). The van der Waals surface area contributed by atoms with Crippen molar-refractivity contribution in [2.75, 3.05) is 19.6 Å². The maximum Gasteiger partial charge on any atom is 0.317 e. The molecule has 0 aliphatic carbocycles. The molecule has 4 heteroatoms. The SMILES string of the molecule is CC(C)CN1CC(CCN)NC1=O. The first-order valence-electron chi connectivity index (χ1n) is 4.89. The minimum atomic E-state index is 0.0622. The minimum Gasteiger partial charge on any atom is -0.333 e. The minimum absolute atomic E-state index is 0.0622. The van der Waals surface area contributed by atoms with Gasteiger partial charge >= 0.3 is 6.03 Å². The van der Waals surface area contributed by atoms with Crippen molar-refractivity contribution in [1.82, 2.24) is 10.2 Å². The normalized spacial score (nSPS) is 22.6. The molecule has 4 nitrogen and oxygen atoms in total. The van der Waals surface area contributed by atoms with Crippen LogP contribution in [0.15, 0.2) is 0 Å². The van der Waals surface area contributed by atoms with Gasteiger partial charge in [0.15, 0.2) is 0 Å². The second-order valence-corrected chi connectivity index (χ2v) is 4.02. The number of nitrogens with zero attached hydrogens (tertiary/aromatic N) is 1. The fourth-order valence-corrected chi connectivity index (χ4v) is 1.62. The van der Waals surface area contributed by atoms with E-state index in [1.807, 2.05) is 4.90 Å². The summed E-state index contributed by atoms with van der Waals surface area (Å²) >= 11 is 0. The van der Waals surface area contributed by atoms with Crippen LogP contribution < -0.4 is 11.1 Å². The summed E-state index contributed by atoms with van der Waals surface area (Å²) < 4.78 is 0. The van der Waals surface area contributed by atoms with E-state index in [-0.39, 0.29) is 12.1 Å². The molecule has 76 valence electrons. The predicted octanol–water partition coefficient (Wildman–Crippen LogP) is 0.385. The highest BCUT2D eigenvalue weighted by molar-refractivity contribution is 5.76. The lowest BCUT2D eigenvalue weighted by Gasteiger charge is -2.16. The Morgan fingerprint density at radius 2 is 2.38 bits per heavy atom. The average Bonchev–Trinajstić information content (AvgIpc) is 2.31. The van der Waals surface area contributed by atoms with Crippen molar-refractivity contribution in [3.05, 3.63) is 0 Å². The molecule has 0 spiro atoms. The molecule has 0 radical (unpaired) electrons. The van der Waals surface area contributed by atoms with Crippen LogP contribution >= 0.6 is 0 Å². The average molecular weight is 185 g/mol. The Hall–Kier alpha value is -0.770. The van der Waals surface area contributed by atoms with E-state index in [1.54, 1.807) is 0 Å². The third-order valence-electron chi connectivity index (χ3n) is 2.16. The summed E-state index contributed by atoms with van der Waals surface area (Å²) in [6, 6.07) is 0.323. The van der Waals surface area contributed by atoms with Crippen LogP contribution in [0.2, 0.25) is 0 Å². The Labute approximate surface area is 79.5 Å². The Kier molecular flexibility index (Phi) is 3.54.